The second-order valence-electron chi connectivity index (χ2n) is 4.75. The molecule has 0 aliphatic carbocycles. The number of anilines is 1. The topological polar surface area (TPSA) is 122 Å². The first-order chi connectivity index (χ1) is 10.6. The SMILES string of the molecule is Cc1[nH]c(=O)c(NS(=O)(=O)c2cccc([N+](=O)[O-])c2C)cc1Br. The highest BCUT2D eigenvalue weighted by Crippen LogP contribution is 2.26. The van der Waals surface area contributed by atoms with E-state index in [2.05, 4.69) is 25.6 Å². The normalized spacial score (nSPS) is 11.3. The molecule has 0 bridgehead atoms. The molecule has 0 saturated heterocycles. The molecule has 122 valence electrons. The van der Waals surface area contributed by atoms with Crippen molar-refractivity contribution in [2.45, 2.75) is 18.7 Å². The number of nitrogens with one attached hydrogen (secondary N) is 2. The van der Waals surface area contributed by atoms with Crippen molar-refractivity contribution in [3.05, 3.63) is 60.5 Å². The summed E-state index contributed by atoms with van der Waals surface area (Å²) in [4.78, 5) is 24.3. The summed E-state index contributed by atoms with van der Waals surface area (Å²) in [7, 11) is -4.15. The second kappa shape index (κ2) is 6.13. The van der Waals surface area contributed by atoms with Crippen LogP contribution >= 0.6 is 15.9 Å². The Labute approximate surface area is 139 Å². The van der Waals surface area contributed by atoms with Gasteiger partial charge in [-0.15, -0.1) is 0 Å². The summed E-state index contributed by atoms with van der Waals surface area (Å²) in [6, 6.07) is 5.05. The van der Waals surface area contributed by atoms with Gasteiger partial charge in [0.1, 0.15) is 5.69 Å². The number of nitro groups is 1. The Bertz CT molecular complexity index is 953. The third-order valence-electron chi connectivity index (χ3n) is 3.16. The molecule has 0 aliphatic rings. The number of halogens is 1. The number of aromatic amines is 1. The number of pyridine rings is 1. The van der Waals surface area contributed by atoms with E-state index in [1.165, 1.54) is 31.2 Å². The highest BCUT2D eigenvalue weighted by molar-refractivity contribution is 9.10. The molecule has 0 spiro atoms. The van der Waals surface area contributed by atoms with Crippen LogP contribution in [0.1, 0.15) is 11.3 Å². The van der Waals surface area contributed by atoms with Gasteiger partial charge in [-0.25, -0.2) is 8.42 Å². The van der Waals surface area contributed by atoms with Crippen LogP contribution in [0, 0.1) is 24.0 Å². The first kappa shape index (κ1) is 17.2. The van der Waals surface area contributed by atoms with Crippen molar-refractivity contribution in [1.82, 2.24) is 4.98 Å². The molecule has 2 rings (SSSR count). The number of H-pyrrole nitrogens is 1. The molecule has 0 radical (unpaired) electrons. The first-order valence-corrected chi connectivity index (χ1v) is 8.57. The van der Waals surface area contributed by atoms with Gasteiger partial charge >= 0.3 is 0 Å². The summed E-state index contributed by atoms with van der Waals surface area (Å²) in [6.07, 6.45) is 0. The Kier molecular flexibility index (Phi) is 4.57. The van der Waals surface area contributed by atoms with Gasteiger partial charge in [-0.05, 0) is 41.9 Å². The lowest BCUT2D eigenvalue weighted by Gasteiger charge is -2.10. The molecule has 1 heterocycles. The Morgan fingerprint density at radius 3 is 2.57 bits per heavy atom. The minimum absolute atomic E-state index is 0.00685. The molecule has 0 saturated carbocycles. The zero-order valence-corrected chi connectivity index (χ0v) is 14.5. The predicted molar refractivity (Wildman–Crippen MR) is 88.1 cm³/mol. The Morgan fingerprint density at radius 1 is 1.30 bits per heavy atom. The van der Waals surface area contributed by atoms with E-state index in [-0.39, 0.29) is 21.8 Å². The van der Waals surface area contributed by atoms with E-state index < -0.39 is 20.5 Å². The van der Waals surface area contributed by atoms with Crippen molar-refractivity contribution >= 4 is 37.3 Å². The van der Waals surface area contributed by atoms with Crippen LogP contribution in [0.25, 0.3) is 0 Å². The minimum Gasteiger partial charge on any atom is -0.324 e. The van der Waals surface area contributed by atoms with Gasteiger partial charge in [0.05, 0.1) is 9.82 Å². The van der Waals surface area contributed by atoms with E-state index in [9.17, 15) is 23.3 Å². The van der Waals surface area contributed by atoms with E-state index in [1.807, 2.05) is 0 Å². The highest BCUT2D eigenvalue weighted by Gasteiger charge is 2.23. The summed E-state index contributed by atoms with van der Waals surface area (Å²) in [5.41, 5.74) is -0.574. The van der Waals surface area contributed by atoms with E-state index in [4.69, 9.17) is 0 Å². The van der Waals surface area contributed by atoms with Gasteiger partial charge < -0.3 is 4.98 Å². The quantitative estimate of drug-likeness (QED) is 0.601. The predicted octanol–water partition coefficient (Wildman–Crippen LogP) is 2.46. The molecular formula is C13H12BrN3O5S. The molecule has 0 unspecified atom stereocenters. The average Bonchev–Trinajstić information content (AvgIpc) is 2.44. The third-order valence-corrected chi connectivity index (χ3v) is 5.49. The molecule has 0 fully saturated rings. The summed E-state index contributed by atoms with van der Waals surface area (Å²) >= 11 is 3.19. The number of nitro benzene ring substituents is 1. The lowest BCUT2D eigenvalue weighted by Crippen LogP contribution is -2.21. The fourth-order valence-electron chi connectivity index (χ4n) is 1.97. The number of aryl methyl sites for hydroxylation is 1. The van der Waals surface area contributed by atoms with Gasteiger partial charge in [-0.1, -0.05) is 6.07 Å². The van der Waals surface area contributed by atoms with Crippen molar-refractivity contribution < 1.29 is 13.3 Å². The zero-order valence-electron chi connectivity index (χ0n) is 12.1. The van der Waals surface area contributed by atoms with Gasteiger partial charge in [0.2, 0.25) is 0 Å². The number of aromatic nitrogens is 1. The maximum absolute atomic E-state index is 12.4. The number of sulfonamides is 1. The van der Waals surface area contributed by atoms with E-state index >= 15 is 0 Å². The fourth-order valence-corrected chi connectivity index (χ4v) is 3.61. The molecule has 2 N–H and O–H groups in total. The third kappa shape index (κ3) is 3.42. The molecular weight excluding hydrogens is 390 g/mol. The van der Waals surface area contributed by atoms with Gasteiger partial charge in [0.25, 0.3) is 21.3 Å². The molecule has 0 aliphatic heterocycles. The van der Waals surface area contributed by atoms with Crippen LogP contribution in [-0.2, 0) is 10.0 Å². The van der Waals surface area contributed by atoms with Gasteiger partial charge in [0, 0.05) is 21.8 Å². The number of benzene rings is 1. The number of hydrogen-bond donors (Lipinski definition) is 2. The van der Waals surface area contributed by atoms with Gasteiger partial charge in [0.15, 0.2) is 0 Å². The van der Waals surface area contributed by atoms with Crippen molar-refractivity contribution in [3.8, 4) is 0 Å². The second-order valence-corrected chi connectivity index (χ2v) is 7.25. The van der Waals surface area contributed by atoms with E-state index in [0.29, 0.717) is 10.2 Å². The van der Waals surface area contributed by atoms with E-state index in [0.717, 1.165) is 0 Å². The summed E-state index contributed by atoms with van der Waals surface area (Å²) < 4.78 is 27.6. The number of nitrogens with zero attached hydrogens (tertiary/aromatic N) is 1. The van der Waals surface area contributed by atoms with Crippen molar-refractivity contribution in [1.29, 1.82) is 0 Å². The smallest absolute Gasteiger partial charge is 0.273 e. The monoisotopic (exact) mass is 401 g/mol. The maximum atomic E-state index is 12.4. The standard InChI is InChI=1S/C13H12BrN3O5S/c1-7-11(17(19)20)4-3-5-12(7)23(21,22)16-10-6-9(14)8(2)15-13(10)18/h3-6,16H,1-2H3,(H,15,18). The number of hydrogen-bond acceptors (Lipinski definition) is 5. The first-order valence-electron chi connectivity index (χ1n) is 6.29. The Hall–Kier alpha value is -2.20. The average molecular weight is 402 g/mol. The highest BCUT2D eigenvalue weighted by atomic mass is 79.9. The van der Waals surface area contributed by atoms with Crippen LogP contribution in [0.4, 0.5) is 11.4 Å². The molecule has 23 heavy (non-hydrogen) atoms. The molecule has 2 aromatic rings. The lowest BCUT2D eigenvalue weighted by molar-refractivity contribution is -0.385. The summed E-state index contributed by atoms with van der Waals surface area (Å²) in [5, 5.41) is 10.9. The Balaban J connectivity index is 2.53. The fraction of sp³-hybridized carbons (Fsp3) is 0.154. The molecule has 1 aromatic heterocycles. The Morgan fingerprint density at radius 2 is 1.96 bits per heavy atom. The summed E-state index contributed by atoms with van der Waals surface area (Å²) in [6.45, 7) is 2.98. The maximum Gasteiger partial charge on any atom is 0.273 e. The van der Waals surface area contributed by atoms with Crippen LogP contribution in [0.15, 0.2) is 38.4 Å². The molecule has 0 amide bonds. The lowest BCUT2D eigenvalue weighted by atomic mass is 10.2. The minimum atomic E-state index is -4.15. The number of rotatable bonds is 4. The van der Waals surface area contributed by atoms with Crippen LogP contribution in [0.3, 0.4) is 0 Å². The molecule has 8 nitrogen and oxygen atoms in total. The largest absolute Gasteiger partial charge is 0.324 e. The van der Waals surface area contributed by atoms with Crippen molar-refractivity contribution in [3.63, 3.8) is 0 Å². The van der Waals surface area contributed by atoms with Crippen LogP contribution < -0.4 is 10.3 Å². The van der Waals surface area contributed by atoms with Crippen LogP contribution in [0.2, 0.25) is 0 Å². The van der Waals surface area contributed by atoms with E-state index in [1.54, 1.807) is 6.92 Å². The van der Waals surface area contributed by atoms with Gasteiger partial charge in [-0.3, -0.25) is 19.6 Å². The van der Waals surface area contributed by atoms with Crippen molar-refractivity contribution in [2.24, 2.45) is 0 Å². The van der Waals surface area contributed by atoms with Crippen LogP contribution in [0.5, 0.6) is 0 Å². The molecule has 10 heteroatoms. The zero-order chi connectivity index (χ0) is 17.4. The molecule has 1 aromatic carbocycles. The van der Waals surface area contributed by atoms with Gasteiger partial charge in [-0.2, -0.15) is 0 Å². The summed E-state index contributed by atoms with van der Waals surface area (Å²) in [5.74, 6) is 0. The molecule has 0 atom stereocenters. The van der Waals surface area contributed by atoms with Crippen LogP contribution in [-0.4, -0.2) is 18.3 Å². The van der Waals surface area contributed by atoms with Crippen molar-refractivity contribution in [2.75, 3.05) is 4.72 Å².